The van der Waals surface area contributed by atoms with Crippen molar-refractivity contribution in [2.45, 2.75) is 25.3 Å². The van der Waals surface area contributed by atoms with Gasteiger partial charge in [0.05, 0.1) is 0 Å². The molecule has 0 saturated carbocycles. The molecule has 8 heteroatoms. The Morgan fingerprint density at radius 2 is 1.66 bits per heavy atom. The summed E-state index contributed by atoms with van der Waals surface area (Å²) < 4.78 is 0. The number of piperidine rings is 1. The molecule has 29 heavy (non-hydrogen) atoms. The Hall–Kier alpha value is -2.77. The molecule has 150 valence electrons. The lowest BCUT2D eigenvalue weighted by atomic mass is 10.0. The van der Waals surface area contributed by atoms with E-state index in [1.165, 1.54) is 24.1 Å². The molecule has 4 rings (SSSR count). The highest BCUT2D eigenvalue weighted by atomic mass is 35.5. The molecule has 1 fully saturated rings. The van der Waals surface area contributed by atoms with E-state index < -0.39 is 0 Å². The molecule has 1 aliphatic rings. The van der Waals surface area contributed by atoms with Crippen molar-refractivity contribution in [1.29, 1.82) is 0 Å². The minimum Gasteiger partial charge on any atom is -0.371 e. The predicted molar refractivity (Wildman–Crippen MR) is 116 cm³/mol. The van der Waals surface area contributed by atoms with Crippen molar-refractivity contribution in [2.24, 2.45) is 0 Å². The summed E-state index contributed by atoms with van der Waals surface area (Å²) in [5, 5.41) is 6.70. The Morgan fingerprint density at radius 3 is 2.34 bits per heavy atom. The molecule has 0 aliphatic carbocycles. The third-order valence-electron chi connectivity index (χ3n) is 5.15. The van der Waals surface area contributed by atoms with Crippen LogP contribution in [-0.2, 0) is 6.42 Å². The third-order valence-corrected chi connectivity index (χ3v) is 5.34. The second-order valence-electron chi connectivity index (χ2n) is 7.09. The number of hydrogen-bond acceptors (Lipinski definition) is 7. The summed E-state index contributed by atoms with van der Waals surface area (Å²) in [7, 11) is 2.05. The van der Waals surface area contributed by atoms with Gasteiger partial charge >= 0.3 is 0 Å². The Balaban J connectivity index is 1.39. The second kappa shape index (κ2) is 9.15. The second-order valence-corrected chi connectivity index (χ2v) is 7.43. The van der Waals surface area contributed by atoms with E-state index in [0.29, 0.717) is 24.1 Å². The average molecular weight is 410 g/mol. The zero-order chi connectivity index (χ0) is 20.1. The van der Waals surface area contributed by atoms with Gasteiger partial charge in [0, 0.05) is 43.6 Å². The number of aromatic nitrogens is 4. The number of hydrogen-bond donors (Lipinski definition) is 2. The maximum Gasteiger partial charge on any atom is 0.224 e. The number of nitrogens with one attached hydrogen (secondary N) is 2. The van der Waals surface area contributed by atoms with Gasteiger partial charge in [-0.25, -0.2) is 19.9 Å². The fourth-order valence-corrected chi connectivity index (χ4v) is 3.67. The Labute approximate surface area is 175 Å². The molecule has 0 radical (unpaired) electrons. The first-order valence-corrected chi connectivity index (χ1v) is 10.2. The monoisotopic (exact) mass is 409 g/mol. The maximum atomic E-state index is 5.83. The molecule has 1 aromatic carbocycles. The van der Waals surface area contributed by atoms with Crippen LogP contribution in [0.2, 0.25) is 5.28 Å². The van der Waals surface area contributed by atoms with E-state index >= 15 is 0 Å². The van der Waals surface area contributed by atoms with Crippen LogP contribution in [0.5, 0.6) is 0 Å². The minimum atomic E-state index is 0.194. The molecule has 0 bridgehead atoms. The van der Waals surface area contributed by atoms with Crippen LogP contribution in [0, 0.1) is 0 Å². The van der Waals surface area contributed by atoms with Gasteiger partial charge in [-0.1, -0.05) is 12.1 Å². The van der Waals surface area contributed by atoms with Gasteiger partial charge in [-0.3, -0.25) is 0 Å². The molecule has 0 unspecified atom stereocenters. The largest absolute Gasteiger partial charge is 0.371 e. The fourth-order valence-electron chi connectivity index (χ4n) is 3.52. The SMILES string of the molecule is CNC1CCN(c2ccc(Cc3nccc(Nc4ccnc(Cl)n4)n3)cc2)CC1. The molecule has 3 aromatic rings. The molecule has 3 heterocycles. The van der Waals surface area contributed by atoms with Gasteiger partial charge in [0.2, 0.25) is 5.28 Å². The van der Waals surface area contributed by atoms with Crippen LogP contribution in [-0.4, -0.2) is 46.1 Å². The van der Waals surface area contributed by atoms with Gasteiger partial charge in [0.25, 0.3) is 0 Å². The van der Waals surface area contributed by atoms with Gasteiger partial charge in [-0.05, 0) is 61.3 Å². The van der Waals surface area contributed by atoms with Gasteiger partial charge in [0.15, 0.2) is 0 Å². The number of rotatable bonds is 6. The molecule has 2 N–H and O–H groups in total. The predicted octanol–water partition coefficient (Wildman–Crippen LogP) is 3.44. The van der Waals surface area contributed by atoms with E-state index in [9.17, 15) is 0 Å². The zero-order valence-corrected chi connectivity index (χ0v) is 17.1. The first kappa shape index (κ1) is 19.5. The number of halogens is 1. The van der Waals surface area contributed by atoms with E-state index in [4.69, 9.17) is 11.6 Å². The van der Waals surface area contributed by atoms with E-state index in [1.807, 2.05) is 7.05 Å². The number of nitrogens with zero attached hydrogens (tertiary/aromatic N) is 5. The topological polar surface area (TPSA) is 78.9 Å². The summed E-state index contributed by atoms with van der Waals surface area (Å²) in [6.07, 6.45) is 6.38. The van der Waals surface area contributed by atoms with Crippen molar-refractivity contribution in [1.82, 2.24) is 25.3 Å². The smallest absolute Gasteiger partial charge is 0.224 e. The molecule has 7 nitrogen and oxygen atoms in total. The molecule has 1 aliphatic heterocycles. The molecular weight excluding hydrogens is 386 g/mol. The Morgan fingerprint density at radius 1 is 0.966 bits per heavy atom. The van der Waals surface area contributed by atoms with Crippen LogP contribution in [0.3, 0.4) is 0 Å². The average Bonchev–Trinajstić information content (AvgIpc) is 2.75. The van der Waals surface area contributed by atoms with Crippen molar-refractivity contribution in [3.05, 3.63) is 65.5 Å². The molecule has 2 aromatic heterocycles. The molecule has 0 atom stereocenters. The highest BCUT2D eigenvalue weighted by Gasteiger charge is 2.17. The van der Waals surface area contributed by atoms with Gasteiger partial charge in [0.1, 0.15) is 17.5 Å². The first-order chi connectivity index (χ1) is 14.2. The zero-order valence-electron chi connectivity index (χ0n) is 16.3. The normalized spacial score (nSPS) is 14.8. The van der Waals surface area contributed by atoms with Crippen LogP contribution in [0.1, 0.15) is 24.2 Å². The summed E-state index contributed by atoms with van der Waals surface area (Å²) in [4.78, 5) is 19.4. The number of benzene rings is 1. The summed E-state index contributed by atoms with van der Waals surface area (Å²) in [5.41, 5.74) is 2.46. The highest BCUT2D eigenvalue weighted by Crippen LogP contribution is 2.21. The summed E-state index contributed by atoms with van der Waals surface area (Å²) in [5.74, 6) is 2.02. The Bertz CT molecular complexity index is 940. The molecule has 1 saturated heterocycles. The van der Waals surface area contributed by atoms with Gasteiger partial charge in [-0.15, -0.1) is 0 Å². The van der Waals surface area contributed by atoms with Crippen molar-refractivity contribution in [2.75, 3.05) is 30.4 Å². The summed E-state index contributed by atoms with van der Waals surface area (Å²) in [6, 6.07) is 12.9. The minimum absolute atomic E-state index is 0.194. The summed E-state index contributed by atoms with van der Waals surface area (Å²) in [6.45, 7) is 2.18. The van der Waals surface area contributed by atoms with E-state index in [2.05, 4.69) is 59.7 Å². The highest BCUT2D eigenvalue weighted by molar-refractivity contribution is 6.28. The fraction of sp³-hybridized carbons (Fsp3) is 0.333. The lowest BCUT2D eigenvalue weighted by molar-refractivity contribution is 0.442. The van der Waals surface area contributed by atoms with E-state index in [0.717, 1.165) is 18.9 Å². The molecule has 0 spiro atoms. The summed E-state index contributed by atoms with van der Waals surface area (Å²) >= 11 is 5.83. The van der Waals surface area contributed by atoms with E-state index in [1.54, 1.807) is 24.5 Å². The van der Waals surface area contributed by atoms with Crippen LogP contribution in [0.4, 0.5) is 17.3 Å². The molecular formula is C21H24ClN7. The van der Waals surface area contributed by atoms with Gasteiger partial charge in [-0.2, -0.15) is 0 Å². The molecule has 0 amide bonds. The first-order valence-electron chi connectivity index (χ1n) is 9.78. The van der Waals surface area contributed by atoms with Gasteiger partial charge < -0.3 is 15.5 Å². The van der Waals surface area contributed by atoms with Crippen LogP contribution < -0.4 is 15.5 Å². The Kier molecular flexibility index (Phi) is 6.17. The van der Waals surface area contributed by atoms with Crippen molar-refractivity contribution >= 4 is 28.9 Å². The lowest BCUT2D eigenvalue weighted by Gasteiger charge is -2.33. The standard InChI is InChI=1S/C21H24ClN7/c1-23-16-8-12-29(13-9-16)17-4-2-15(3-5-17)14-20-24-10-6-18(27-20)26-19-7-11-25-21(22)28-19/h2-7,10-11,16,23H,8-9,12-14H2,1H3,(H,24,25,26,27,28). The van der Waals surface area contributed by atoms with Crippen molar-refractivity contribution in [3.8, 4) is 0 Å². The number of anilines is 3. The van der Waals surface area contributed by atoms with Crippen LogP contribution in [0.15, 0.2) is 48.8 Å². The quantitative estimate of drug-likeness (QED) is 0.603. The van der Waals surface area contributed by atoms with Crippen LogP contribution >= 0.6 is 11.6 Å². The lowest BCUT2D eigenvalue weighted by Crippen LogP contribution is -2.41. The van der Waals surface area contributed by atoms with Crippen LogP contribution in [0.25, 0.3) is 0 Å². The van der Waals surface area contributed by atoms with E-state index in [-0.39, 0.29) is 5.28 Å². The van der Waals surface area contributed by atoms with Crippen molar-refractivity contribution in [3.63, 3.8) is 0 Å². The van der Waals surface area contributed by atoms with Crippen molar-refractivity contribution < 1.29 is 0 Å². The maximum absolute atomic E-state index is 5.83. The third kappa shape index (κ3) is 5.19.